The van der Waals surface area contributed by atoms with Crippen LogP contribution in [0.5, 0.6) is 0 Å². The summed E-state index contributed by atoms with van der Waals surface area (Å²) in [6.07, 6.45) is 0.646. The maximum Gasteiger partial charge on any atom is 0.407 e. The molecule has 12 heteroatoms. The molecule has 11 nitrogen and oxygen atoms in total. The van der Waals surface area contributed by atoms with Crippen molar-refractivity contribution in [3.63, 3.8) is 0 Å². The van der Waals surface area contributed by atoms with Crippen LogP contribution in [0, 0.1) is 0 Å². The molecule has 0 saturated carbocycles. The molecule has 0 aliphatic heterocycles. The van der Waals surface area contributed by atoms with Gasteiger partial charge in [0.2, 0.25) is 11.8 Å². The number of hydrogen-bond donors (Lipinski definition) is 4. The van der Waals surface area contributed by atoms with Gasteiger partial charge in [0.05, 0.1) is 10.8 Å². The maximum absolute atomic E-state index is 14.4. The predicted molar refractivity (Wildman–Crippen MR) is 238 cm³/mol. The number of carbonyl (C=O) groups excluding carboxylic acids is 5. The Morgan fingerprint density at radius 1 is 0.574 bits per heavy atom. The highest BCUT2D eigenvalue weighted by molar-refractivity contribution is 8.01. The zero-order valence-corrected chi connectivity index (χ0v) is 35.4. The van der Waals surface area contributed by atoms with E-state index in [1.165, 1.54) is 18.7 Å². The van der Waals surface area contributed by atoms with Crippen molar-refractivity contribution in [2.45, 2.75) is 74.4 Å². The average molecular weight is 843 g/mol. The molecule has 4 N–H and O–H groups in total. The summed E-state index contributed by atoms with van der Waals surface area (Å²) >= 11 is 1.31. The molecule has 0 spiro atoms. The molecule has 318 valence electrons. The van der Waals surface area contributed by atoms with Gasteiger partial charge in [0.15, 0.2) is 5.78 Å². The van der Waals surface area contributed by atoms with Crippen LogP contribution in [0.25, 0.3) is 0 Å². The van der Waals surface area contributed by atoms with E-state index in [0.717, 1.165) is 27.8 Å². The second kappa shape index (κ2) is 24.1. The van der Waals surface area contributed by atoms with Crippen molar-refractivity contribution in [2.75, 3.05) is 13.6 Å². The van der Waals surface area contributed by atoms with Crippen molar-refractivity contribution >= 4 is 41.4 Å². The van der Waals surface area contributed by atoms with Crippen LogP contribution < -0.4 is 21.3 Å². The lowest BCUT2D eigenvalue weighted by Crippen LogP contribution is -2.54. The van der Waals surface area contributed by atoms with Crippen LogP contribution in [0.3, 0.4) is 0 Å². The topological polar surface area (TPSA) is 152 Å². The highest BCUT2D eigenvalue weighted by Gasteiger charge is 2.41. The van der Waals surface area contributed by atoms with E-state index in [-0.39, 0.29) is 44.8 Å². The third kappa shape index (κ3) is 13.9. The molecule has 5 rings (SSSR count). The van der Waals surface area contributed by atoms with Crippen LogP contribution in [0.15, 0.2) is 152 Å². The molecule has 3 amide bonds. The molecule has 3 atom stereocenters. The van der Waals surface area contributed by atoms with Crippen LogP contribution in [0.2, 0.25) is 0 Å². The third-order valence-corrected chi connectivity index (χ3v) is 11.8. The lowest BCUT2D eigenvalue weighted by Gasteiger charge is -2.38. The highest BCUT2D eigenvalue weighted by Crippen LogP contribution is 2.50. The van der Waals surface area contributed by atoms with Gasteiger partial charge < -0.3 is 30.7 Å². The van der Waals surface area contributed by atoms with Crippen molar-refractivity contribution in [1.82, 2.24) is 21.3 Å². The quantitative estimate of drug-likeness (QED) is 0.0228. The Morgan fingerprint density at radius 3 is 1.51 bits per heavy atom. The average Bonchev–Trinajstić information content (AvgIpc) is 3.30. The van der Waals surface area contributed by atoms with Crippen LogP contribution in [-0.4, -0.2) is 60.7 Å². The van der Waals surface area contributed by atoms with Gasteiger partial charge in [0, 0.05) is 13.0 Å². The summed E-state index contributed by atoms with van der Waals surface area (Å²) in [6.45, 7) is 1.97. The van der Waals surface area contributed by atoms with Gasteiger partial charge in [0.25, 0.3) is 0 Å². The molecule has 0 fully saturated rings. The highest BCUT2D eigenvalue weighted by atomic mass is 32.2. The van der Waals surface area contributed by atoms with Crippen LogP contribution in [0.1, 0.15) is 66.8 Å². The Hall–Kier alpha value is -6.24. The molecule has 0 radical (unpaired) electrons. The number of carbonyl (C=O) groups is 5. The Kier molecular flexibility index (Phi) is 18.1. The van der Waals surface area contributed by atoms with E-state index in [4.69, 9.17) is 9.47 Å². The summed E-state index contributed by atoms with van der Waals surface area (Å²) in [4.78, 5) is 66.8. The van der Waals surface area contributed by atoms with Gasteiger partial charge in [-0.05, 0) is 67.5 Å². The first-order valence-corrected chi connectivity index (χ1v) is 21.3. The van der Waals surface area contributed by atoms with E-state index in [1.807, 2.05) is 152 Å². The first kappa shape index (κ1) is 45.8. The molecule has 0 aliphatic carbocycles. The maximum atomic E-state index is 14.4. The second-order valence-corrected chi connectivity index (χ2v) is 15.8. The summed E-state index contributed by atoms with van der Waals surface area (Å²) in [5.41, 5.74) is 4.45. The largest absolute Gasteiger partial charge is 0.461 e. The van der Waals surface area contributed by atoms with E-state index in [2.05, 4.69) is 21.3 Å². The smallest absolute Gasteiger partial charge is 0.407 e. The molecule has 0 aliphatic rings. The van der Waals surface area contributed by atoms with Crippen molar-refractivity contribution in [1.29, 1.82) is 0 Å². The van der Waals surface area contributed by atoms with Crippen molar-refractivity contribution in [3.05, 3.63) is 179 Å². The molecule has 0 heterocycles. The Morgan fingerprint density at radius 2 is 1.03 bits per heavy atom. The first-order valence-electron chi connectivity index (χ1n) is 20.5. The number of esters is 1. The number of rotatable bonds is 23. The summed E-state index contributed by atoms with van der Waals surface area (Å²) in [6, 6.07) is 46.3. The number of amides is 3. The van der Waals surface area contributed by atoms with E-state index < -0.39 is 46.1 Å². The van der Waals surface area contributed by atoms with Crippen molar-refractivity contribution in [3.8, 4) is 0 Å². The number of likely N-dealkylation sites (N-methyl/N-ethyl adjacent to an activating group) is 1. The fraction of sp³-hybridized carbons (Fsp3) is 0.286. The molecule has 0 aromatic heterocycles. The van der Waals surface area contributed by atoms with Gasteiger partial charge in [-0.15, -0.1) is 11.8 Å². The standard InChI is InChI=1S/C49H54N4O7S/c1-36(54)47(61-49(39-24-12-5-13-25-39,40-26-14-6-15-27-40)41-28-16-7-17-29-41)53-46(57)43(30-18-19-33-51-48(58)60-35-38-22-10-4-11-23-38)52-45(56)42(50-2)31-32-44(55)59-34-37-20-8-3-9-21-37/h3-17,20-29,42-43,47,50H,18-19,30-35H2,1-2H3,(H,51,58)(H,52,56)(H,53,57). The number of Topliss-reactive ketones (excluding diaryl/α,β-unsaturated/α-hetero) is 1. The Labute approximate surface area is 362 Å². The molecule has 61 heavy (non-hydrogen) atoms. The van der Waals surface area contributed by atoms with Crippen LogP contribution in [-0.2, 0) is 46.6 Å². The van der Waals surface area contributed by atoms with Crippen molar-refractivity contribution in [2.24, 2.45) is 0 Å². The number of ether oxygens (including phenoxy) is 2. The lowest BCUT2D eigenvalue weighted by atomic mass is 9.84. The Balaban J connectivity index is 1.31. The van der Waals surface area contributed by atoms with Gasteiger partial charge in [-0.25, -0.2) is 4.79 Å². The van der Waals surface area contributed by atoms with Gasteiger partial charge in [0.1, 0.15) is 24.6 Å². The van der Waals surface area contributed by atoms with E-state index in [1.54, 1.807) is 7.05 Å². The van der Waals surface area contributed by atoms with Crippen LogP contribution in [0.4, 0.5) is 4.79 Å². The van der Waals surface area contributed by atoms with E-state index >= 15 is 0 Å². The normalized spacial score (nSPS) is 12.6. The molecule has 0 bridgehead atoms. The fourth-order valence-electron chi connectivity index (χ4n) is 6.80. The predicted octanol–water partition coefficient (Wildman–Crippen LogP) is 7.44. The fourth-order valence-corrected chi connectivity index (χ4v) is 8.31. The SMILES string of the molecule is CNC(CCC(=O)OCc1ccccc1)C(=O)NC(CCCCNC(=O)OCc1ccccc1)C(=O)NC(SC(c1ccccc1)(c1ccccc1)c1ccccc1)C(C)=O. The molecule has 5 aromatic carbocycles. The molecule has 0 saturated heterocycles. The molecular formula is C49H54N4O7S. The number of alkyl carbamates (subject to hydrolysis) is 1. The zero-order chi connectivity index (χ0) is 43.3. The summed E-state index contributed by atoms with van der Waals surface area (Å²) < 4.78 is 9.82. The number of thioether (sulfide) groups is 1. The van der Waals surface area contributed by atoms with E-state index in [0.29, 0.717) is 12.8 Å². The summed E-state index contributed by atoms with van der Waals surface area (Å²) in [5.74, 6) is -1.77. The second-order valence-electron chi connectivity index (χ2n) is 14.5. The number of benzene rings is 5. The van der Waals surface area contributed by atoms with E-state index in [9.17, 15) is 24.0 Å². The number of ketones is 1. The van der Waals surface area contributed by atoms with Crippen molar-refractivity contribution < 1.29 is 33.4 Å². The molecular weight excluding hydrogens is 789 g/mol. The monoisotopic (exact) mass is 842 g/mol. The minimum Gasteiger partial charge on any atom is -0.461 e. The summed E-state index contributed by atoms with van der Waals surface area (Å²) in [5, 5.41) is 10.6. The number of unbranched alkanes of at least 4 members (excludes halogenated alkanes) is 1. The lowest BCUT2D eigenvalue weighted by molar-refractivity contribution is -0.145. The van der Waals surface area contributed by atoms with Gasteiger partial charge in [-0.1, -0.05) is 152 Å². The first-order chi connectivity index (χ1) is 29.7. The number of hydrogen-bond acceptors (Lipinski definition) is 9. The summed E-state index contributed by atoms with van der Waals surface area (Å²) in [7, 11) is 1.61. The zero-order valence-electron chi connectivity index (χ0n) is 34.6. The van der Waals surface area contributed by atoms with Crippen LogP contribution >= 0.6 is 11.8 Å². The van der Waals surface area contributed by atoms with Gasteiger partial charge >= 0.3 is 12.1 Å². The van der Waals surface area contributed by atoms with Gasteiger partial charge in [-0.2, -0.15) is 0 Å². The molecule has 5 aromatic rings. The minimum absolute atomic E-state index is 0.0295. The minimum atomic E-state index is -1.06. The molecule has 3 unspecified atom stereocenters. The number of nitrogens with one attached hydrogen (secondary N) is 4. The Bertz CT molecular complexity index is 2030. The van der Waals surface area contributed by atoms with Gasteiger partial charge in [-0.3, -0.25) is 19.2 Å². The third-order valence-electron chi connectivity index (χ3n) is 10.1.